The first-order valence-electron chi connectivity index (χ1n) is 8.23. The van der Waals surface area contributed by atoms with E-state index in [-0.39, 0.29) is 11.1 Å². The van der Waals surface area contributed by atoms with Crippen LogP contribution >= 0.6 is 0 Å². The molecule has 1 aliphatic heterocycles. The number of nitrogens with one attached hydrogen (secondary N) is 1. The number of nitrogens with zero attached hydrogens (tertiary/aromatic N) is 2. The molecule has 3 amide bonds. The SMILES string of the molecule is CN(C)c1ccc(NC(=O)CN2C(=O)c3ccccc3C2=O)c(C(F)(F)F)c1. The Morgan fingerprint density at radius 3 is 2.11 bits per heavy atom. The molecule has 0 fully saturated rings. The van der Waals surface area contributed by atoms with E-state index in [4.69, 9.17) is 0 Å². The molecule has 1 aliphatic rings. The fraction of sp³-hybridized carbons (Fsp3) is 0.211. The van der Waals surface area contributed by atoms with Gasteiger partial charge in [0, 0.05) is 19.8 Å². The molecule has 6 nitrogen and oxygen atoms in total. The van der Waals surface area contributed by atoms with Crippen molar-refractivity contribution < 1.29 is 27.6 Å². The van der Waals surface area contributed by atoms with E-state index in [1.54, 1.807) is 26.2 Å². The Kier molecular flexibility index (Phi) is 4.84. The summed E-state index contributed by atoms with van der Waals surface area (Å²) in [7, 11) is 3.19. The first-order chi connectivity index (χ1) is 13.1. The Labute approximate surface area is 158 Å². The second-order valence-corrected chi connectivity index (χ2v) is 6.41. The molecule has 1 N–H and O–H groups in total. The molecule has 3 rings (SSSR count). The van der Waals surface area contributed by atoms with Gasteiger partial charge in [-0.25, -0.2) is 0 Å². The van der Waals surface area contributed by atoms with Crippen molar-refractivity contribution >= 4 is 29.1 Å². The van der Waals surface area contributed by atoms with E-state index in [1.165, 1.54) is 23.1 Å². The maximum Gasteiger partial charge on any atom is 0.418 e. The molecule has 2 aromatic carbocycles. The molecule has 0 unspecified atom stereocenters. The summed E-state index contributed by atoms with van der Waals surface area (Å²) in [6, 6.07) is 9.54. The highest BCUT2D eigenvalue weighted by atomic mass is 19.4. The Bertz CT molecular complexity index is 935. The van der Waals surface area contributed by atoms with E-state index in [0.717, 1.165) is 12.1 Å². The van der Waals surface area contributed by atoms with Crippen LogP contribution in [0.5, 0.6) is 0 Å². The average Bonchev–Trinajstić information content (AvgIpc) is 2.86. The number of carbonyl (C=O) groups is 3. The molecular weight excluding hydrogens is 375 g/mol. The molecule has 0 saturated heterocycles. The molecule has 0 atom stereocenters. The molecule has 1 heterocycles. The molecule has 2 aromatic rings. The van der Waals surface area contributed by atoms with Gasteiger partial charge < -0.3 is 10.2 Å². The zero-order valence-corrected chi connectivity index (χ0v) is 15.0. The van der Waals surface area contributed by atoms with Crippen LogP contribution < -0.4 is 10.2 Å². The smallest absolute Gasteiger partial charge is 0.378 e. The first kappa shape index (κ1) is 19.4. The van der Waals surface area contributed by atoms with E-state index in [0.29, 0.717) is 10.6 Å². The monoisotopic (exact) mass is 391 g/mol. The molecule has 146 valence electrons. The van der Waals surface area contributed by atoms with Crippen LogP contribution in [0, 0.1) is 0 Å². The van der Waals surface area contributed by atoms with Crippen LogP contribution in [0.1, 0.15) is 26.3 Å². The van der Waals surface area contributed by atoms with Crippen molar-refractivity contribution in [2.45, 2.75) is 6.18 Å². The summed E-state index contributed by atoms with van der Waals surface area (Å²) in [5.41, 5.74) is -0.835. The maximum absolute atomic E-state index is 13.4. The van der Waals surface area contributed by atoms with Crippen molar-refractivity contribution in [2.24, 2.45) is 0 Å². The standard InChI is InChI=1S/C19H16F3N3O3/c1-24(2)11-7-8-15(14(9-11)19(20,21)22)23-16(26)10-25-17(27)12-5-3-4-6-13(12)18(25)28/h3-9H,10H2,1-2H3,(H,23,26). The van der Waals surface area contributed by atoms with Crippen LogP contribution in [0.3, 0.4) is 0 Å². The molecular formula is C19H16F3N3O3. The zero-order chi connectivity index (χ0) is 20.6. The quantitative estimate of drug-likeness (QED) is 0.814. The molecule has 0 bridgehead atoms. The largest absolute Gasteiger partial charge is 0.418 e. The first-order valence-corrected chi connectivity index (χ1v) is 8.23. The molecule has 9 heteroatoms. The van der Waals surface area contributed by atoms with E-state index in [2.05, 4.69) is 5.32 Å². The third kappa shape index (κ3) is 3.55. The van der Waals surface area contributed by atoms with Crippen molar-refractivity contribution in [3.8, 4) is 0 Å². The molecule has 28 heavy (non-hydrogen) atoms. The van der Waals surface area contributed by atoms with Crippen LogP contribution in [0.2, 0.25) is 0 Å². The maximum atomic E-state index is 13.4. The van der Waals surface area contributed by atoms with Gasteiger partial charge in [0.15, 0.2) is 0 Å². The van der Waals surface area contributed by atoms with E-state index in [9.17, 15) is 27.6 Å². The Hall–Kier alpha value is -3.36. The number of amides is 3. The van der Waals surface area contributed by atoms with Crippen LogP contribution in [-0.4, -0.2) is 43.3 Å². The zero-order valence-electron chi connectivity index (χ0n) is 15.0. The van der Waals surface area contributed by atoms with Gasteiger partial charge in [0.2, 0.25) is 5.91 Å². The Morgan fingerprint density at radius 1 is 1.04 bits per heavy atom. The number of anilines is 2. The lowest BCUT2D eigenvalue weighted by atomic mass is 10.1. The number of alkyl halides is 3. The summed E-state index contributed by atoms with van der Waals surface area (Å²) >= 11 is 0. The summed E-state index contributed by atoms with van der Waals surface area (Å²) in [6.45, 7) is -0.681. The number of imide groups is 1. The molecule has 0 aliphatic carbocycles. The highest BCUT2D eigenvalue weighted by molar-refractivity contribution is 6.22. The topological polar surface area (TPSA) is 69.7 Å². The number of rotatable bonds is 4. The van der Waals surface area contributed by atoms with Gasteiger partial charge in [0.25, 0.3) is 11.8 Å². The number of benzene rings is 2. The normalized spacial score (nSPS) is 13.5. The van der Waals surface area contributed by atoms with Gasteiger partial charge in [-0.2, -0.15) is 13.2 Å². The van der Waals surface area contributed by atoms with Gasteiger partial charge in [-0.15, -0.1) is 0 Å². The van der Waals surface area contributed by atoms with E-state index < -0.39 is 41.7 Å². The van der Waals surface area contributed by atoms with Crippen LogP contribution in [0.15, 0.2) is 42.5 Å². The second-order valence-electron chi connectivity index (χ2n) is 6.41. The second kappa shape index (κ2) is 6.99. The summed E-state index contributed by atoms with van der Waals surface area (Å²) in [4.78, 5) is 39.0. The number of hydrogen-bond acceptors (Lipinski definition) is 4. The minimum Gasteiger partial charge on any atom is -0.378 e. The highest BCUT2D eigenvalue weighted by Crippen LogP contribution is 2.37. The molecule has 0 saturated carbocycles. The Morgan fingerprint density at radius 2 is 1.61 bits per heavy atom. The number of fused-ring (bicyclic) bond motifs is 1. The predicted octanol–water partition coefficient (Wildman–Crippen LogP) is 3.01. The third-order valence-electron chi connectivity index (χ3n) is 4.28. The van der Waals surface area contributed by atoms with E-state index in [1.807, 2.05) is 0 Å². The lowest BCUT2D eigenvalue weighted by Crippen LogP contribution is -2.37. The van der Waals surface area contributed by atoms with Crippen molar-refractivity contribution in [1.82, 2.24) is 4.90 Å². The minimum atomic E-state index is -4.69. The highest BCUT2D eigenvalue weighted by Gasteiger charge is 2.37. The van der Waals surface area contributed by atoms with E-state index >= 15 is 0 Å². The number of carbonyl (C=O) groups excluding carboxylic acids is 3. The summed E-state index contributed by atoms with van der Waals surface area (Å²) in [5.74, 6) is -2.22. The summed E-state index contributed by atoms with van der Waals surface area (Å²) in [6.07, 6.45) is -4.69. The summed E-state index contributed by atoms with van der Waals surface area (Å²) < 4.78 is 40.1. The average molecular weight is 391 g/mol. The third-order valence-corrected chi connectivity index (χ3v) is 4.28. The summed E-state index contributed by atoms with van der Waals surface area (Å²) in [5, 5.41) is 2.15. The minimum absolute atomic E-state index is 0.159. The molecule has 0 radical (unpaired) electrons. The fourth-order valence-corrected chi connectivity index (χ4v) is 2.87. The molecule has 0 aromatic heterocycles. The lowest BCUT2D eigenvalue weighted by Gasteiger charge is -2.19. The van der Waals surface area contributed by atoms with Crippen LogP contribution in [0.4, 0.5) is 24.5 Å². The predicted molar refractivity (Wildman–Crippen MR) is 96.2 cm³/mol. The number of halogens is 3. The van der Waals surface area contributed by atoms with Gasteiger partial charge in [-0.3, -0.25) is 19.3 Å². The van der Waals surface area contributed by atoms with Gasteiger partial charge in [-0.05, 0) is 30.3 Å². The van der Waals surface area contributed by atoms with Gasteiger partial charge >= 0.3 is 6.18 Å². The van der Waals surface area contributed by atoms with Gasteiger partial charge in [-0.1, -0.05) is 12.1 Å². The van der Waals surface area contributed by atoms with Crippen molar-refractivity contribution in [2.75, 3.05) is 30.9 Å². The van der Waals surface area contributed by atoms with Gasteiger partial charge in [0.05, 0.1) is 22.4 Å². The van der Waals surface area contributed by atoms with Crippen LogP contribution in [-0.2, 0) is 11.0 Å². The van der Waals surface area contributed by atoms with Crippen LogP contribution in [0.25, 0.3) is 0 Å². The molecule has 0 spiro atoms. The Balaban J connectivity index is 1.81. The number of hydrogen-bond donors (Lipinski definition) is 1. The van der Waals surface area contributed by atoms with Gasteiger partial charge in [0.1, 0.15) is 6.54 Å². The fourth-order valence-electron chi connectivity index (χ4n) is 2.87. The van der Waals surface area contributed by atoms with Crippen molar-refractivity contribution in [3.63, 3.8) is 0 Å². The lowest BCUT2D eigenvalue weighted by molar-refractivity contribution is -0.137. The van der Waals surface area contributed by atoms with Crippen molar-refractivity contribution in [1.29, 1.82) is 0 Å². The van der Waals surface area contributed by atoms with Crippen molar-refractivity contribution in [3.05, 3.63) is 59.2 Å².